The molecular weight excluding hydrogens is 773 g/mol. The molecule has 2 heteroatoms. The summed E-state index contributed by atoms with van der Waals surface area (Å²) in [7, 11) is 0. The molecule has 0 bridgehead atoms. The van der Waals surface area contributed by atoms with Gasteiger partial charge in [-0.2, -0.15) is 0 Å². The Morgan fingerprint density at radius 1 is 0.359 bits per heavy atom. The van der Waals surface area contributed by atoms with E-state index in [1.807, 2.05) is 0 Å². The van der Waals surface area contributed by atoms with Gasteiger partial charge in [0.25, 0.3) is 0 Å². The van der Waals surface area contributed by atoms with Crippen molar-refractivity contribution in [1.29, 1.82) is 0 Å². The SMILES string of the molecule is C1=Cc2c(c3ccccc3c3cc(-c4ccc(N5c6ccccc6-c6c(n(-c7cc(-c8ccccc8)cc(-c8ccccc8)c7)c7ccccc67)-c6ccccc65)cc4)ccc23)CC1. The van der Waals surface area contributed by atoms with Crippen molar-refractivity contribution in [2.75, 3.05) is 4.90 Å². The molecule has 300 valence electrons. The average Bonchev–Trinajstić information content (AvgIpc) is 3.66. The summed E-state index contributed by atoms with van der Waals surface area (Å²) in [5.41, 5.74) is 20.6. The molecule has 0 N–H and O–H groups in total. The number of allylic oxidation sites excluding steroid dienone is 1. The third-order valence-corrected chi connectivity index (χ3v) is 13.6. The fourth-order valence-corrected chi connectivity index (χ4v) is 10.7. The molecule has 0 atom stereocenters. The molecule has 1 aliphatic heterocycles. The van der Waals surface area contributed by atoms with Crippen LogP contribution in [-0.2, 0) is 6.42 Å². The maximum absolute atomic E-state index is 2.52. The molecule has 2 heterocycles. The molecule has 0 spiro atoms. The molecule has 2 nitrogen and oxygen atoms in total. The van der Waals surface area contributed by atoms with Crippen LogP contribution >= 0.6 is 0 Å². The Kier molecular flexibility index (Phi) is 8.39. The lowest BCUT2D eigenvalue weighted by molar-refractivity contribution is 1.00. The molecule has 0 saturated heterocycles. The summed E-state index contributed by atoms with van der Waals surface area (Å²) in [5, 5.41) is 6.59. The molecule has 13 rings (SSSR count). The normalized spacial score (nSPS) is 12.8. The Morgan fingerprint density at radius 3 is 1.67 bits per heavy atom. The monoisotopic (exact) mass is 814 g/mol. The van der Waals surface area contributed by atoms with Gasteiger partial charge >= 0.3 is 0 Å². The number of para-hydroxylation sites is 3. The Morgan fingerprint density at radius 2 is 0.938 bits per heavy atom. The molecule has 1 aromatic heterocycles. The maximum atomic E-state index is 2.52. The summed E-state index contributed by atoms with van der Waals surface area (Å²) in [6.07, 6.45) is 6.86. The van der Waals surface area contributed by atoms with Crippen molar-refractivity contribution < 1.29 is 0 Å². The molecule has 64 heavy (non-hydrogen) atoms. The van der Waals surface area contributed by atoms with Crippen molar-refractivity contribution >= 4 is 55.6 Å². The first-order valence-corrected chi connectivity index (χ1v) is 22.4. The van der Waals surface area contributed by atoms with Gasteiger partial charge in [-0.1, -0.05) is 176 Å². The van der Waals surface area contributed by atoms with Crippen LogP contribution in [-0.4, -0.2) is 4.57 Å². The zero-order valence-corrected chi connectivity index (χ0v) is 35.2. The van der Waals surface area contributed by atoms with Crippen LogP contribution in [0.25, 0.3) is 100.0 Å². The van der Waals surface area contributed by atoms with Gasteiger partial charge in [-0.25, -0.2) is 0 Å². The number of anilines is 3. The highest BCUT2D eigenvalue weighted by Gasteiger charge is 2.31. The summed E-state index contributed by atoms with van der Waals surface area (Å²) in [6.45, 7) is 0. The van der Waals surface area contributed by atoms with Crippen molar-refractivity contribution in [2.24, 2.45) is 0 Å². The third-order valence-electron chi connectivity index (χ3n) is 13.6. The van der Waals surface area contributed by atoms with Crippen LogP contribution in [0.1, 0.15) is 17.5 Å². The Bertz CT molecular complexity index is 3590. The summed E-state index contributed by atoms with van der Waals surface area (Å²) >= 11 is 0. The van der Waals surface area contributed by atoms with Gasteiger partial charge in [0.1, 0.15) is 0 Å². The number of benzene rings is 10. The van der Waals surface area contributed by atoms with E-state index in [1.54, 1.807) is 0 Å². The number of fused-ring (bicyclic) bond motifs is 13. The van der Waals surface area contributed by atoms with E-state index in [-0.39, 0.29) is 0 Å². The van der Waals surface area contributed by atoms with E-state index in [1.165, 1.54) is 99.3 Å². The molecule has 10 aromatic carbocycles. The highest BCUT2D eigenvalue weighted by molar-refractivity contribution is 6.15. The van der Waals surface area contributed by atoms with Gasteiger partial charge < -0.3 is 9.47 Å². The van der Waals surface area contributed by atoms with Crippen molar-refractivity contribution in [3.05, 3.63) is 236 Å². The molecule has 0 radical (unpaired) electrons. The van der Waals surface area contributed by atoms with Crippen LogP contribution < -0.4 is 4.90 Å². The van der Waals surface area contributed by atoms with E-state index in [9.17, 15) is 0 Å². The second kappa shape index (κ2) is 14.7. The molecule has 1 aliphatic carbocycles. The highest BCUT2D eigenvalue weighted by atomic mass is 15.2. The number of hydrogen-bond donors (Lipinski definition) is 0. The van der Waals surface area contributed by atoms with Crippen molar-refractivity contribution in [3.63, 3.8) is 0 Å². The number of aryl methyl sites for hydroxylation is 1. The Hall–Kier alpha value is -8.20. The second-order valence-corrected chi connectivity index (χ2v) is 17.1. The van der Waals surface area contributed by atoms with Crippen LogP contribution in [0, 0.1) is 0 Å². The summed E-state index contributed by atoms with van der Waals surface area (Å²) < 4.78 is 2.52. The van der Waals surface area contributed by atoms with Gasteiger partial charge in [0.05, 0.1) is 22.6 Å². The van der Waals surface area contributed by atoms with E-state index in [0.717, 1.165) is 35.6 Å². The molecular formula is C62H42N2. The zero-order chi connectivity index (χ0) is 42.1. The van der Waals surface area contributed by atoms with E-state index in [2.05, 4.69) is 240 Å². The minimum Gasteiger partial charge on any atom is -0.309 e. The average molecular weight is 815 g/mol. The number of hydrogen-bond acceptors (Lipinski definition) is 1. The van der Waals surface area contributed by atoms with Gasteiger partial charge in [0.15, 0.2) is 0 Å². The zero-order valence-electron chi connectivity index (χ0n) is 35.2. The van der Waals surface area contributed by atoms with Crippen LogP contribution in [0.4, 0.5) is 17.1 Å². The van der Waals surface area contributed by atoms with Crippen LogP contribution in [0.15, 0.2) is 224 Å². The van der Waals surface area contributed by atoms with Gasteiger partial charge in [-0.05, 0) is 133 Å². The molecule has 0 saturated carbocycles. The minimum absolute atomic E-state index is 1.09. The predicted molar refractivity (Wildman–Crippen MR) is 271 cm³/mol. The number of aromatic nitrogens is 1. The Labute approximate surface area is 373 Å². The highest BCUT2D eigenvalue weighted by Crippen LogP contribution is 2.55. The van der Waals surface area contributed by atoms with Crippen LogP contribution in [0.3, 0.4) is 0 Å². The van der Waals surface area contributed by atoms with Gasteiger partial charge in [0, 0.05) is 33.5 Å². The molecule has 0 amide bonds. The van der Waals surface area contributed by atoms with Crippen LogP contribution in [0.5, 0.6) is 0 Å². The van der Waals surface area contributed by atoms with Gasteiger partial charge in [-0.3, -0.25) is 0 Å². The molecule has 0 fully saturated rings. The summed E-state index contributed by atoms with van der Waals surface area (Å²) in [5.74, 6) is 0. The number of rotatable bonds is 5. The van der Waals surface area contributed by atoms with Crippen molar-refractivity contribution in [2.45, 2.75) is 12.8 Å². The van der Waals surface area contributed by atoms with Gasteiger partial charge in [-0.15, -0.1) is 0 Å². The lowest BCUT2D eigenvalue weighted by Gasteiger charge is -2.27. The first-order valence-electron chi connectivity index (χ1n) is 22.4. The Balaban J connectivity index is 0.999. The molecule has 0 unspecified atom stereocenters. The third kappa shape index (κ3) is 5.73. The van der Waals surface area contributed by atoms with Crippen LogP contribution in [0.2, 0.25) is 0 Å². The number of nitrogens with zero attached hydrogens (tertiary/aromatic N) is 2. The lowest BCUT2D eigenvalue weighted by Crippen LogP contribution is -2.11. The molecule has 2 aliphatic rings. The maximum Gasteiger partial charge on any atom is 0.0641 e. The standard InChI is InChI=1S/C62H42N2/c1-3-17-41(18-4-1)45-37-46(42-19-5-2-6-20-42)39-48(38-45)64-59-29-15-12-26-55(59)61-54-25-11-14-28-58(54)63(60-30-16-13-27-56(60)62(61)64)47-34-31-43(32-35-47)44-33-36-53-51-23-8-7-21-49(51)50-22-9-10-24-52(50)57(53)40-44/h1-6,8-20,22-40H,7,21H2. The summed E-state index contributed by atoms with van der Waals surface area (Å²) in [6, 6.07) is 80.7. The van der Waals surface area contributed by atoms with E-state index < -0.39 is 0 Å². The van der Waals surface area contributed by atoms with E-state index >= 15 is 0 Å². The predicted octanol–water partition coefficient (Wildman–Crippen LogP) is 17.0. The quantitative estimate of drug-likeness (QED) is 0.157. The van der Waals surface area contributed by atoms with E-state index in [0.29, 0.717) is 0 Å². The minimum atomic E-state index is 1.09. The van der Waals surface area contributed by atoms with Gasteiger partial charge in [0.2, 0.25) is 0 Å². The smallest absolute Gasteiger partial charge is 0.0641 e. The lowest BCUT2D eigenvalue weighted by atomic mass is 9.86. The fourth-order valence-electron chi connectivity index (χ4n) is 10.7. The fraction of sp³-hybridized carbons (Fsp3) is 0.0323. The summed E-state index contributed by atoms with van der Waals surface area (Å²) in [4.78, 5) is 2.47. The topological polar surface area (TPSA) is 8.17 Å². The molecule has 11 aromatic rings. The largest absolute Gasteiger partial charge is 0.309 e. The van der Waals surface area contributed by atoms with E-state index in [4.69, 9.17) is 0 Å². The first-order chi connectivity index (χ1) is 31.8. The van der Waals surface area contributed by atoms with Crippen molar-refractivity contribution in [1.82, 2.24) is 4.57 Å². The first kappa shape index (κ1) is 36.5. The second-order valence-electron chi connectivity index (χ2n) is 17.1. The van der Waals surface area contributed by atoms with Crippen molar-refractivity contribution in [3.8, 4) is 61.5 Å².